The third-order valence-electron chi connectivity index (χ3n) is 3.83. The summed E-state index contributed by atoms with van der Waals surface area (Å²) in [6.45, 7) is 0.362. The molecule has 0 saturated carbocycles. The van der Waals surface area contributed by atoms with Gasteiger partial charge in [-0.3, -0.25) is 15.2 Å². The van der Waals surface area contributed by atoms with Gasteiger partial charge in [0.2, 0.25) is 0 Å². The minimum absolute atomic E-state index is 0.0171. The minimum Gasteiger partial charge on any atom is -0.301 e. The van der Waals surface area contributed by atoms with E-state index in [0.29, 0.717) is 6.54 Å². The maximum Gasteiger partial charge on any atom is 0.252 e. The fourth-order valence-corrected chi connectivity index (χ4v) is 2.85. The maximum absolute atomic E-state index is 12.3. The molecule has 22 heavy (non-hydrogen) atoms. The summed E-state index contributed by atoms with van der Waals surface area (Å²) in [7, 11) is 3.79. The van der Waals surface area contributed by atoms with Gasteiger partial charge in [-0.2, -0.15) is 0 Å². The molecule has 0 saturated heterocycles. The second kappa shape index (κ2) is 6.20. The van der Waals surface area contributed by atoms with E-state index < -0.39 is 0 Å². The van der Waals surface area contributed by atoms with Crippen LogP contribution >= 0.6 is 0 Å². The molecule has 114 valence electrons. The lowest BCUT2D eigenvalue weighted by atomic mass is 10.0. The molecule has 1 N–H and O–H groups in total. The van der Waals surface area contributed by atoms with Crippen molar-refractivity contribution < 1.29 is 4.79 Å². The van der Waals surface area contributed by atoms with Crippen molar-refractivity contribution in [2.75, 3.05) is 25.6 Å². The molecular formula is C18H21N3O. The van der Waals surface area contributed by atoms with Crippen molar-refractivity contribution >= 4 is 17.3 Å². The molecule has 0 atom stereocenters. The van der Waals surface area contributed by atoms with Crippen molar-refractivity contribution in [1.82, 2.24) is 10.3 Å². The van der Waals surface area contributed by atoms with Crippen molar-refractivity contribution in [1.29, 1.82) is 0 Å². The molecule has 0 aromatic heterocycles. The van der Waals surface area contributed by atoms with Gasteiger partial charge in [-0.25, -0.2) is 0 Å². The molecule has 1 heterocycles. The Morgan fingerprint density at radius 3 is 2.00 bits per heavy atom. The number of hydrogen-bond acceptors (Lipinski definition) is 3. The van der Waals surface area contributed by atoms with Gasteiger partial charge in [0.05, 0.1) is 17.9 Å². The maximum atomic E-state index is 12.3. The van der Waals surface area contributed by atoms with Crippen LogP contribution < -0.4 is 10.4 Å². The molecule has 3 rings (SSSR count). The molecule has 2 aromatic carbocycles. The average Bonchev–Trinajstić information content (AvgIpc) is 2.65. The number of nitrogens with one attached hydrogen (secondary N) is 1. The minimum atomic E-state index is -0.0171. The third-order valence-corrected chi connectivity index (χ3v) is 3.83. The topological polar surface area (TPSA) is 35.6 Å². The van der Waals surface area contributed by atoms with E-state index in [1.54, 1.807) is 0 Å². The number of fused-ring (bicyclic) bond motifs is 2. The fourth-order valence-electron chi connectivity index (χ4n) is 2.85. The van der Waals surface area contributed by atoms with Crippen LogP contribution in [-0.4, -0.2) is 31.4 Å². The van der Waals surface area contributed by atoms with Gasteiger partial charge < -0.3 is 4.90 Å². The van der Waals surface area contributed by atoms with Crippen LogP contribution in [0.4, 0.5) is 11.4 Å². The Morgan fingerprint density at radius 1 is 1.00 bits per heavy atom. The Bertz CT molecular complexity index is 634. The fraction of sp³-hybridized carbons (Fsp3) is 0.278. The highest BCUT2D eigenvalue weighted by Gasteiger charge is 2.21. The summed E-state index contributed by atoms with van der Waals surface area (Å²) in [5.41, 5.74) is 7.67. The van der Waals surface area contributed by atoms with Crippen molar-refractivity contribution in [3.63, 3.8) is 0 Å². The number of likely N-dealkylation sites (N-methyl/N-ethyl adjacent to an activating group) is 1. The highest BCUT2D eigenvalue weighted by Crippen LogP contribution is 2.34. The first-order chi connectivity index (χ1) is 10.6. The van der Waals surface area contributed by atoms with Crippen LogP contribution in [0.2, 0.25) is 0 Å². The van der Waals surface area contributed by atoms with Gasteiger partial charge >= 0.3 is 0 Å². The number of nitrogens with zero attached hydrogens (tertiary/aromatic N) is 2. The van der Waals surface area contributed by atoms with Crippen LogP contribution in [0.15, 0.2) is 48.5 Å². The Balaban J connectivity index is 2.00. The molecule has 2 aromatic rings. The molecule has 4 heteroatoms. The SMILES string of the molecule is CN(C)CC(=O)NN1c2ccccc2CCc2ccccc21. The molecule has 1 aliphatic rings. The molecule has 0 bridgehead atoms. The highest BCUT2D eigenvalue weighted by atomic mass is 16.2. The van der Waals surface area contributed by atoms with Gasteiger partial charge in [-0.05, 0) is 50.2 Å². The first-order valence-corrected chi connectivity index (χ1v) is 7.55. The van der Waals surface area contributed by atoms with E-state index in [1.807, 2.05) is 36.1 Å². The Kier molecular flexibility index (Phi) is 4.11. The lowest BCUT2D eigenvalue weighted by Crippen LogP contribution is -2.43. The number of rotatable bonds is 3. The number of aryl methyl sites for hydroxylation is 2. The molecule has 1 amide bonds. The van der Waals surface area contributed by atoms with Gasteiger partial charge in [-0.1, -0.05) is 36.4 Å². The van der Waals surface area contributed by atoms with E-state index in [-0.39, 0.29) is 5.91 Å². The molecule has 0 radical (unpaired) electrons. The summed E-state index contributed by atoms with van der Waals surface area (Å²) in [5.74, 6) is -0.0171. The highest BCUT2D eigenvalue weighted by molar-refractivity contribution is 5.83. The number of hydrazine groups is 1. The van der Waals surface area contributed by atoms with Crippen molar-refractivity contribution in [2.24, 2.45) is 0 Å². The van der Waals surface area contributed by atoms with Crippen LogP contribution in [0.3, 0.4) is 0 Å². The smallest absolute Gasteiger partial charge is 0.252 e. The lowest BCUT2D eigenvalue weighted by molar-refractivity contribution is -0.121. The zero-order valence-corrected chi connectivity index (χ0v) is 13.0. The predicted octanol–water partition coefficient (Wildman–Crippen LogP) is 2.52. The Hall–Kier alpha value is -2.33. The van der Waals surface area contributed by atoms with Gasteiger partial charge in [0.25, 0.3) is 5.91 Å². The third kappa shape index (κ3) is 2.97. The summed E-state index contributed by atoms with van der Waals surface area (Å²) in [6.07, 6.45) is 1.96. The number of benzene rings is 2. The summed E-state index contributed by atoms with van der Waals surface area (Å²) in [6, 6.07) is 16.5. The standard InChI is InChI=1S/C18H21N3O/c1-20(2)13-18(22)19-21-16-9-5-3-7-14(16)11-12-15-8-4-6-10-17(15)21/h3-10H,11-13H2,1-2H3,(H,19,22). The van der Waals surface area contributed by atoms with Crippen LogP contribution in [-0.2, 0) is 17.6 Å². The predicted molar refractivity (Wildman–Crippen MR) is 89.1 cm³/mol. The second-order valence-corrected chi connectivity index (χ2v) is 5.87. The zero-order chi connectivity index (χ0) is 15.5. The van der Waals surface area contributed by atoms with Crippen molar-refractivity contribution in [3.05, 3.63) is 59.7 Å². The molecule has 4 nitrogen and oxygen atoms in total. The molecule has 0 fully saturated rings. The van der Waals surface area contributed by atoms with E-state index >= 15 is 0 Å². The zero-order valence-electron chi connectivity index (χ0n) is 13.0. The van der Waals surface area contributed by atoms with Gasteiger partial charge in [0.15, 0.2) is 0 Å². The van der Waals surface area contributed by atoms with Crippen LogP contribution in [0.5, 0.6) is 0 Å². The quantitative estimate of drug-likeness (QED) is 0.945. The first kappa shape index (κ1) is 14.6. The lowest BCUT2D eigenvalue weighted by Gasteiger charge is -2.27. The normalized spacial score (nSPS) is 13.3. The largest absolute Gasteiger partial charge is 0.301 e. The summed E-state index contributed by atoms with van der Waals surface area (Å²) >= 11 is 0. The van der Waals surface area contributed by atoms with Gasteiger partial charge in [-0.15, -0.1) is 0 Å². The van der Waals surface area contributed by atoms with Crippen LogP contribution in [0, 0.1) is 0 Å². The number of carbonyl (C=O) groups is 1. The molecular weight excluding hydrogens is 274 g/mol. The number of anilines is 2. The summed E-state index contributed by atoms with van der Waals surface area (Å²) in [4.78, 5) is 14.1. The van der Waals surface area contributed by atoms with E-state index in [4.69, 9.17) is 0 Å². The van der Waals surface area contributed by atoms with E-state index in [0.717, 1.165) is 24.2 Å². The second-order valence-electron chi connectivity index (χ2n) is 5.87. The van der Waals surface area contributed by atoms with E-state index in [2.05, 4.69) is 41.8 Å². The number of carbonyl (C=O) groups excluding carboxylic acids is 1. The van der Waals surface area contributed by atoms with Crippen LogP contribution in [0.1, 0.15) is 11.1 Å². The van der Waals surface area contributed by atoms with E-state index in [9.17, 15) is 4.79 Å². The van der Waals surface area contributed by atoms with Crippen molar-refractivity contribution in [2.45, 2.75) is 12.8 Å². The van der Waals surface area contributed by atoms with Crippen LogP contribution in [0.25, 0.3) is 0 Å². The molecule has 0 aliphatic carbocycles. The summed E-state index contributed by atoms with van der Waals surface area (Å²) in [5, 5.41) is 1.93. The number of hydrogen-bond donors (Lipinski definition) is 1. The number of amides is 1. The van der Waals surface area contributed by atoms with Gasteiger partial charge in [0, 0.05) is 0 Å². The molecule has 1 aliphatic heterocycles. The first-order valence-electron chi connectivity index (χ1n) is 7.55. The Labute approximate surface area is 131 Å². The molecule has 0 unspecified atom stereocenters. The Morgan fingerprint density at radius 2 is 1.50 bits per heavy atom. The average molecular weight is 295 g/mol. The summed E-state index contributed by atoms with van der Waals surface area (Å²) < 4.78 is 0. The van der Waals surface area contributed by atoms with Gasteiger partial charge in [0.1, 0.15) is 0 Å². The number of para-hydroxylation sites is 2. The van der Waals surface area contributed by atoms with E-state index in [1.165, 1.54) is 11.1 Å². The monoisotopic (exact) mass is 295 g/mol. The van der Waals surface area contributed by atoms with Crippen molar-refractivity contribution in [3.8, 4) is 0 Å². The molecule has 0 spiro atoms.